The number of benzene rings is 1. The smallest absolute Gasteiger partial charge is 0.0366 e. The van der Waals surface area contributed by atoms with E-state index in [-0.39, 0.29) is 6.04 Å². The molecule has 0 radical (unpaired) electrons. The molecule has 0 aliphatic carbocycles. The Kier molecular flexibility index (Phi) is 3.72. The van der Waals surface area contributed by atoms with Crippen LogP contribution in [0.15, 0.2) is 24.3 Å². The van der Waals surface area contributed by atoms with Gasteiger partial charge in [0.05, 0.1) is 0 Å². The summed E-state index contributed by atoms with van der Waals surface area (Å²) in [4.78, 5) is 2.50. The molecule has 1 aliphatic rings. The van der Waals surface area contributed by atoms with Crippen molar-refractivity contribution in [1.82, 2.24) is 0 Å². The molecule has 1 saturated heterocycles. The standard InChI is InChI=1S/C15H24N2/c1-11(2)14-8-9-17(10-14)15-6-4-13(5-7-15)12(3)16/h4-7,11-12,14H,8-10,16H2,1-3H3/t12-,14?/m0/s1. The van der Waals surface area contributed by atoms with Crippen LogP contribution in [0, 0.1) is 11.8 Å². The first-order valence-electron chi connectivity index (χ1n) is 6.68. The maximum absolute atomic E-state index is 5.87. The summed E-state index contributed by atoms with van der Waals surface area (Å²) in [6.07, 6.45) is 1.33. The lowest BCUT2D eigenvalue weighted by molar-refractivity contribution is 0.423. The van der Waals surface area contributed by atoms with Crippen LogP contribution in [0.25, 0.3) is 0 Å². The van der Waals surface area contributed by atoms with E-state index < -0.39 is 0 Å². The van der Waals surface area contributed by atoms with Crippen molar-refractivity contribution in [2.45, 2.75) is 33.2 Å². The van der Waals surface area contributed by atoms with E-state index in [1.165, 1.54) is 30.8 Å². The summed E-state index contributed by atoms with van der Waals surface area (Å²) in [5.41, 5.74) is 8.43. The Hall–Kier alpha value is -1.02. The maximum atomic E-state index is 5.87. The lowest BCUT2D eigenvalue weighted by Crippen LogP contribution is -2.21. The third-order valence-corrected chi connectivity index (χ3v) is 3.95. The minimum absolute atomic E-state index is 0.131. The molecule has 0 amide bonds. The Balaban J connectivity index is 2.04. The second-order valence-electron chi connectivity index (χ2n) is 5.62. The molecule has 17 heavy (non-hydrogen) atoms. The van der Waals surface area contributed by atoms with Crippen LogP contribution in [0.2, 0.25) is 0 Å². The third kappa shape index (κ3) is 2.81. The molecular weight excluding hydrogens is 208 g/mol. The molecule has 0 saturated carbocycles. The predicted molar refractivity (Wildman–Crippen MR) is 74.2 cm³/mol. The van der Waals surface area contributed by atoms with Gasteiger partial charge in [-0.15, -0.1) is 0 Å². The van der Waals surface area contributed by atoms with Crippen molar-refractivity contribution in [3.8, 4) is 0 Å². The molecule has 1 heterocycles. The van der Waals surface area contributed by atoms with Gasteiger partial charge in [0.1, 0.15) is 0 Å². The van der Waals surface area contributed by atoms with E-state index >= 15 is 0 Å². The van der Waals surface area contributed by atoms with E-state index in [0.29, 0.717) is 0 Å². The molecule has 1 aromatic carbocycles. The van der Waals surface area contributed by atoms with Crippen molar-refractivity contribution >= 4 is 5.69 Å². The van der Waals surface area contributed by atoms with Crippen molar-refractivity contribution in [2.75, 3.05) is 18.0 Å². The number of hydrogen-bond acceptors (Lipinski definition) is 2. The summed E-state index contributed by atoms with van der Waals surface area (Å²) in [7, 11) is 0. The third-order valence-electron chi connectivity index (χ3n) is 3.95. The first-order valence-corrected chi connectivity index (χ1v) is 6.68. The maximum Gasteiger partial charge on any atom is 0.0366 e. The summed E-state index contributed by atoms with van der Waals surface area (Å²) >= 11 is 0. The van der Waals surface area contributed by atoms with Crippen molar-refractivity contribution in [2.24, 2.45) is 17.6 Å². The lowest BCUT2D eigenvalue weighted by Gasteiger charge is -2.20. The number of nitrogens with two attached hydrogens (primary N) is 1. The molecule has 2 rings (SSSR count). The zero-order chi connectivity index (χ0) is 12.4. The second-order valence-corrected chi connectivity index (χ2v) is 5.62. The van der Waals surface area contributed by atoms with Gasteiger partial charge in [-0.25, -0.2) is 0 Å². The first-order chi connectivity index (χ1) is 8.08. The first kappa shape index (κ1) is 12.4. The van der Waals surface area contributed by atoms with Gasteiger partial charge in [-0.05, 0) is 42.9 Å². The number of anilines is 1. The highest BCUT2D eigenvalue weighted by Crippen LogP contribution is 2.28. The molecule has 1 unspecified atom stereocenters. The van der Waals surface area contributed by atoms with Crippen LogP contribution in [-0.4, -0.2) is 13.1 Å². The molecule has 0 spiro atoms. The van der Waals surface area contributed by atoms with Crippen LogP contribution in [0.5, 0.6) is 0 Å². The molecule has 1 aliphatic heterocycles. The molecule has 2 nitrogen and oxygen atoms in total. The van der Waals surface area contributed by atoms with Gasteiger partial charge in [0.25, 0.3) is 0 Å². The van der Waals surface area contributed by atoms with Gasteiger partial charge >= 0.3 is 0 Å². The lowest BCUT2D eigenvalue weighted by atomic mass is 9.95. The fraction of sp³-hybridized carbons (Fsp3) is 0.600. The highest BCUT2D eigenvalue weighted by molar-refractivity contribution is 5.48. The Morgan fingerprint density at radius 3 is 2.29 bits per heavy atom. The van der Waals surface area contributed by atoms with Gasteiger partial charge in [0.2, 0.25) is 0 Å². The van der Waals surface area contributed by atoms with Crippen molar-refractivity contribution in [1.29, 1.82) is 0 Å². The molecule has 2 heteroatoms. The number of rotatable bonds is 3. The van der Waals surface area contributed by atoms with E-state index in [1.54, 1.807) is 0 Å². The highest BCUT2D eigenvalue weighted by Gasteiger charge is 2.24. The Morgan fingerprint density at radius 1 is 1.18 bits per heavy atom. The SMILES string of the molecule is CC(C)C1CCN(c2ccc([C@H](C)N)cc2)C1. The van der Waals surface area contributed by atoms with Crippen LogP contribution in [0.3, 0.4) is 0 Å². The van der Waals surface area contributed by atoms with Gasteiger partial charge in [0.15, 0.2) is 0 Å². The van der Waals surface area contributed by atoms with Crippen LogP contribution in [0.4, 0.5) is 5.69 Å². The van der Waals surface area contributed by atoms with E-state index in [0.717, 1.165) is 11.8 Å². The van der Waals surface area contributed by atoms with E-state index in [4.69, 9.17) is 5.73 Å². The fourth-order valence-electron chi connectivity index (χ4n) is 2.55. The van der Waals surface area contributed by atoms with Crippen LogP contribution in [-0.2, 0) is 0 Å². The second kappa shape index (κ2) is 5.09. The largest absolute Gasteiger partial charge is 0.371 e. The Morgan fingerprint density at radius 2 is 1.82 bits per heavy atom. The molecule has 2 N–H and O–H groups in total. The summed E-state index contributed by atoms with van der Waals surface area (Å²) in [6.45, 7) is 9.08. The minimum Gasteiger partial charge on any atom is -0.371 e. The summed E-state index contributed by atoms with van der Waals surface area (Å²) in [5, 5.41) is 0. The normalized spacial score (nSPS) is 22.2. The molecule has 1 aromatic rings. The van der Waals surface area contributed by atoms with Gasteiger partial charge < -0.3 is 10.6 Å². The Bertz CT molecular complexity index is 354. The highest BCUT2D eigenvalue weighted by atomic mass is 15.1. The number of nitrogens with zero attached hydrogens (tertiary/aromatic N) is 1. The monoisotopic (exact) mass is 232 g/mol. The Labute approximate surface area is 105 Å². The van der Waals surface area contributed by atoms with Crippen molar-refractivity contribution in [3.05, 3.63) is 29.8 Å². The molecule has 1 fully saturated rings. The average molecular weight is 232 g/mol. The molecule has 2 atom stereocenters. The van der Waals surface area contributed by atoms with Crippen molar-refractivity contribution in [3.63, 3.8) is 0 Å². The van der Waals surface area contributed by atoms with E-state index in [1.807, 2.05) is 6.92 Å². The quantitative estimate of drug-likeness (QED) is 0.867. The van der Waals surface area contributed by atoms with Gasteiger partial charge in [-0.3, -0.25) is 0 Å². The zero-order valence-corrected chi connectivity index (χ0v) is 11.2. The molecule has 0 aromatic heterocycles. The fourth-order valence-corrected chi connectivity index (χ4v) is 2.55. The summed E-state index contributed by atoms with van der Waals surface area (Å²) < 4.78 is 0. The molecular formula is C15H24N2. The van der Waals surface area contributed by atoms with Gasteiger partial charge in [-0.2, -0.15) is 0 Å². The molecule has 94 valence electrons. The van der Waals surface area contributed by atoms with Crippen LogP contribution >= 0.6 is 0 Å². The van der Waals surface area contributed by atoms with Crippen LogP contribution < -0.4 is 10.6 Å². The van der Waals surface area contributed by atoms with Gasteiger partial charge in [-0.1, -0.05) is 26.0 Å². The minimum atomic E-state index is 0.131. The molecule has 0 bridgehead atoms. The van der Waals surface area contributed by atoms with E-state index in [2.05, 4.69) is 43.0 Å². The summed E-state index contributed by atoms with van der Waals surface area (Å²) in [5.74, 6) is 1.64. The van der Waals surface area contributed by atoms with Gasteiger partial charge in [0, 0.05) is 24.8 Å². The topological polar surface area (TPSA) is 29.3 Å². The zero-order valence-electron chi connectivity index (χ0n) is 11.2. The van der Waals surface area contributed by atoms with Crippen molar-refractivity contribution < 1.29 is 0 Å². The van der Waals surface area contributed by atoms with Crippen LogP contribution in [0.1, 0.15) is 38.8 Å². The van der Waals surface area contributed by atoms with E-state index in [9.17, 15) is 0 Å². The average Bonchev–Trinajstić information content (AvgIpc) is 2.78. The predicted octanol–water partition coefficient (Wildman–Crippen LogP) is 3.19. The number of hydrogen-bond donors (Lipinski definition) is 1. The summed E-state index contributed by atoms with van der Waals surface area (Å²) in [6, 6.07) is 8.86.